The summed E-state index contributed by atoms with van der Waals surface area (Å²) in [5, 5.41) is 0. The molecular weight excluding hydrogens is 176 g/mol. The molecule has 0 aromatic carbocycles. The highest BCUT2D eigenvalue weighted by atomic mass is 19.3. The van der Waals surface area contributed by atoms with Crippen molar-refractivity contribution >= 4 is 0 Å². The zero-order chi connectivity index (χ0) is 10.1. The second-order valence-corrected chi connectivity index (χ2v) is 3.48. The van der Waals surface area contributed by atoms with E-state index in [1.165, 1.54) is 6.92 Å². The molecule has 3 nitrogen and oxygen atoms in total. The van der Waals surface area contributed by atoms with Crippen molar-refractivity contribution in [3.63, 3.8) is 0 Å². The van der Waals surface area contributed by atoms with Crippen LogP contribution in [0, 0.1) is 0 Å². The highest BCUT2D eigenvalue weighted by Crippen LogP contribution is 2.17. The van der Waals surface area contributed by atoms with E-state index >= 15 is 0 Å². The van der Waals surface area contributed by atoms with E-state index in [0.717, 1.165) is 0 Å². The Bertz CT molecular complexity index is 281. The van der Waals surface area contributed by atoms with Crippen LogP contribution in [-0.2, 0) is 13.5 Å². The molecule has 74 valence electrons. The van der Waals surface area contributed by atoms with Crippen molar-refractivity contribution in [1.29, 1.82) is 0 Å². The van der Waals surface area contributed by atoms with Crippen LogP contribution in [0.3, 0.4) is 0 Å². The average molecular weight is 189 g/mol. The zero-order valence-electron chi connectivity index (χ0n) is 7.67. The first kappa shape index (κ1) is 10.1. The number of nitrogens with zero attached hydrogens (tertiary/aromatic N) is 2. The number of alkyl halides is 2. The van der Waals surface area contributed by atoms with E-state index in [0.29, 0.717) is 5.69 Å². The molecule has 1 unspecified atom stereocenters. The Kier molecular flexibility index (Phi) is 2.66. The van der Waals surface area contributed by atoms with Crippen LogP contribution in [0.15, 0.2) is 12.5 Å². The Balaban J connectivity index is 2.74. The van der Waals surface area contributed by atoms with E-state index < -0.39 is 12.0 Å². The Labute approximate surface area is 75.6 Å². The normalized spacial score (nSPS) is 16.2. The standard InChI is InChI=1S/C8H13F2N3/c1-8(11,7(9)10)3-6-4-12-5-13(6)2/h4-5,7H,3,11H2,1-2H3. The minimum atomic E-state index is -2.53. The highest BCUT2D eigenvalue weighted by molar-refractivity contribution is 5.04. The van der Waals surface area contributed by atoms with Gasteiger partial charge >= 0.3 is 0 Å². The van der Waals surface area contributed by atoms with Crippen LogP contribution in [0.5, 0.6) is 0 Å². The van der Waals surface area contributed by atoms with Gasteiger partial charge < -0.3 is 10.3 Å². The van der Waals surface area contributed by atoms with Crippen LogP contribution in [0.25, 0.3) is 0 Å². The lowest BCUT2D eigenvalue weighted by Gasteiger charge is -2.23. The fourth-order valence-corrected chi connectivity index (χ4v) is 1.02. The summed E-state index contributed by atoms with van der Waals surface area (Å²) in [5.74, 6) is 0. The monoisotopic (exact) mass is 189 g/mol. The number of imidazole rings is 1. The maximum absolute atomic E-state index is 12.4. The third kappa shape index (κ3) is 2.24. The molecule has 0 fully saturated rings. The minimum absolute atomic E-state index is 0.126. The van der Waals surface area contributed by atoms with E-state index in [9.17, 15) is 8.78 Å². The highest BCUT2D eigenvalue weighted by Gasteiger charge is 2.31. The maximum Gasteiger partial charge on any atom is 0.256 e. The van der Waals surface area contributed by atoms with Gasteiger partial charge in [0, 0.05) is 25.4 Å². The van der Waals surface area contributed by atoms with Gasteiger partial charge in [-0.25, -0.2) is 13.8 Å². The summed E-state index contributed by atoms with van der Waals surface area (Å²) >= 11 is 0. The van der Waals surface area contributed by atoms with Gasteiger partial charge in [-0.3, -0.25) is 0 Å². The molecule has 0 bridgehead atoms. The van der Waals surface area contributed by atoms with Crippen LogP contribution >= 0.6 is 0 Å². The molecule has 0 radical (unpaired) electrons. The number of rotatable bonds is 3. The number of aromatic nitrogens is 2. The lowest BCUT2D eigenvalue weighted by atomic mass is 9.98. The molecule has 1 rings (SSSR count). The minimum Gasteiger partial charge on any atom is -0.338 e. The molecule has 1 atom stereocenters. The first-order chi connectivity index (χ1) is 5.93. The summed E-state index contributed by atoms with van der Waals surface area (Å²) in [7, 11) is 1.75. The number of nitrogens with two attached hydrogens (primary N) is 1. The first-order valence-corrected chi connectivity index (χ1v) is 3.95. The van der Waals surface area contributed by atoms with E-state index in [2.05, 4.69) is 4.98 Å². The number of aryl methyl sites for hydroxylation is 1. The maximum atomic E-state index is 12.4. The molecule has 0 spiro atoms. The van der Waals surface area contributed by atoms with E-state index in [1.807, 2.05) is 0 Å². The molecule has 1 aromatic rings. The predicted octanol–water partition coefficient (Wildman–Crippen LogP) is 0.945. The number of hydrogen-bond acceptors (Lipinski definition) is 2. The summed E-state index contributed by atoms with van der Waals surface area (Å²) in [5.41, 5.74) is 4.66. The first-order valence-electron chi connectivity index (χ1n) is 3.95. The summed E-state index contributed by atoms with van der Waals surface area (Å²) in [4.78, 5) is 3.83. The Morgan fingerprint density at radius 1 is 1.69 bits per heavy atom. The van der Waals surface area contributed by atoms with Crippen molar-refractivity contribution in [1.82, 2.24) is 9.55 Å². The van der Waals surface area contributed by atoms with Crippen molar-refractivity contribution < 1.29 is 8.78 Å². The fraction of sp³-hybridized carbons (Fsp3) is 0.625. The molecule has 0 amide bonds. The molecule has 13 heavy (non-hydrogen) atoms. The van der Waals surface area contributed by atoms with Crippen LogP contribution in [-0.4, -0.2) is 21.5 Å². The summed E-state index contributed by atoms with van der Waals surface area (Å²) < 4.78 is 26.5. The van der Waals surface area contributed by atoms with Crippen LogP contribution in [0.2, 0.25) is 0 Å². The zero-order valence-corrected chi connectivity index (χ0v) is 7.67. The molecule has 0 saturated heterocycles. The van der Waals surface area contributed by atoms with Gasteiger partial charge in [0.25, 0.3) is 6.43 Å². The van der Waals surface area contributed by atoms with Gasteiger partial charge in [0.2, 0.25) is 0 Å². The molecule has 5 heteroatoms. The molecule has 2 N–H and O–H groups in total. The van der Waals surface area contributed by atoms with E-state index in [1.54, 1.807) is 24.1 Å². The predicted molar refractivity (Wildman–Crippen MR) is 45.5 cm³/mol. The van der Waals surface area contributed by atoms with Crippen molar-refractivity contribution in [3.05, 3.63) is 18.2 Å². The third-order valence-electron chi connectivity index (χ3n) is 1.98. The topological polar surface area (TPSA) is 43.8 Å². The molecule has 1 heterocycles. The number of hydrogen-bond donors (Lipinski definition) is 1. The second-order valence-electron chi connectivity index (χ2n) is 3.48. The Morgan fingerprint density at radius 3 is 2.69 bits per heavy atom. The smallest absolute Gasteiger partial charge is 0.256 e. The van der Waals surface area contributed by atoms with Gasteiger partial charge in [-0.15, -0.1) is 0 Å². The Morgan fingerprint density at radius 2 is 2.31 bits per heavy atom. The molecule has 0 saturated carbocycles. The summed E-state index contributed by atoms with van der Waals surface area (Å²) in [6.45, 7) is 1.34. The van der Waals surface area contributed by atoms with Crippen molar-refractivity contribution in [2.45, 2.75) is 25.3 Å². The summed E-state index contributed by atoms with van der Waals surface area (Å²) in [6.07, 6.45) is 0.716. The molecule has 0 aliphatic heterocycles. The van der Waals surface area contributed by atoms with Gasteiger partial charge in [0.05, 0.1) is 11.9 Å². The van der Waals surface area contributed by atoms with Crippen LogP contribution < -0.4 is 5.73 Å². The molecule has 1 aromatic heterocycles. The van der Waals surface area contributed by atoms with Gasteiger partial charge in [-0.05, 0) is 6.92 Å². The Hall–Kier alpha value is -0.970. The third-order valence-corrected chi connectivity index (χ3v) is 1.98. The SMILES string of the molecule is Cn1cncc1CC(C)(N)C(F)F. The van der Waals surface area contributed by atoms with Crippen molar-refractivity contribution in [2.75, 3.05) is 0 Å². The van der Waals surface area contributed by atoms with Crippen molar-refractivity contribution in [3.8, 4) is 0 Å². The van der Waals surface area contributed by atoms with E-state index in [-0.39, 0.29) is 6.42 Å². The molecule has 0 aliphatic rings. The van der Waals surface area contributed by atoms with Gasteiger partial charge in [0.15, 0.2) is 0 Å². The molecular formula is C8H13F2N3. The quantitative estimate of drug-likeness (QED) is 0.769. The van der Waals surface area contributed by atoms with Gasteiger partial charge in [-0.1, -0.05) is 0 Å². The molecule has 0 aliphatic carbocycles. The number of halogens is 2. The second kappa shape index (κ2) is 3.41. The van der Waals surface area contributed by atoms with Gasteiger partial charge in [0.1, 0.15) is 0 Å². The lowest BCUT2D eigenvalue weighted by Crippen LogP contribution is -2.46. The lowest BCUT2D eigenvalue weighted by molar-refractivity contribution is 0.0630. The fourth-order valence-electron chi connectivity index (χ4n) is 1.02. The average Bonchev–Trinajstić information content (AvgIpc) is 2.35. The van der Waals surface area contributed by atoms with Gasteiger partial charge in [-0.2, -0.15) is 0 Å². The van der Waals surface area contributed by atoms with Crippen LogP contribution in [0.4, 0.5) is 8.78 Å². The largest absolute Gasteiger partial charge is 0.338 e. The summed E-state index contributed by atoms with van der Waals surface area (Å²) in [6, 6.07) is 0. The van der Waals surface area contributed by atoms with Crippen LogP contribution in [0.1, 0.15) is 12.6 Å². The van der Waals surface area contributed by atoms with Crippen molar-refractivity contribution in [2.24, 2.45) is 12.8 Å². The van der Waals surface area contributed by atoms with E-state index in [4.69, 9.17) is 5.73 Å².